The molecule has 3 aliphatic rings. The Kier molecular flexibility index (Phi) is 12.4. The van der Waals surface area contributed by atoms with Crippen LogP contribution in [0, 0.1) is 5.41 Å². The van der Waals surface area contributed by atoms with Crippen LogP contribution in [-0.4, -0.2) is 108 Å². The highest BCUT2D eigenvalue weighted by Crippen LogP contribution is 2.20. The molecule has 3 fully saturated rings. The number of hydroxylamine groups is 6. The van der Waals surface area contributed by atoms with Crippen LogP contribution in [0.4, 0.5) is 0 Å². The van der Waals surface area contributed by atoms with Crippen LogP contribution in [0.25, 0.3) is 0 Å². The van der Waals surface area contributed by atoms with E-state index in [1.54, 1.807) is 6.92 Å². The lowest BCUT2D eigenvalue weighted by Crippen LogP contribution is -2.36. The van der Waals surface area contributed by atoms with Crippen molar-refractivity contribution in [2.45, 2.75) is 64.7 Å². The Hall–Kier alpha value is -4.29. The summed E-state index contributed by atoms with van der Waals surface area (Å²) in [6, 6.07) is 0. The van der Waals surface area contributed by atoms with Gasteiger partial charge in [-0.25, -0.2) is 14.4 Å². The zero-order valence-corrected chi connectivity index (χ0v) is 24.1. The molecule has 3 heterocycles. The van der Waals surface area contributed by atoms with E-state index in [1.807, 2.05) is 0 Å². The maximum Gasteiger partial charge on any atom is 0.335 e. The highest BCUT2D eigenvalue weighted by Gasteiger charge is 2.35. The van der Waals surface area contributed by atoms with Gasteiger partial charge >= 0.3 is 17.9 Å². The van der Waals surface area contributed by atoms with Crippen LogP contribution in [0.1, 0.15) is 64.7 Å². The molecule has 3 rings (SSSR count). The number of amides is 6. The fourth-order valence-electron chi connectivity index (χ4n) is 3.96. The van der Waals surface area contributed by atoms with Crippen LogP contribution >= 0.6 is 0 Å². The first-order valence-corrected chi connectivity index (χ1v) is 13.8. The number of carbonyl (C=O) groups is 9. The number of ether oxygens (including phenoxy) is 3. The quantitative estimate of drug-likeness (QED) is 0.132. The molecule has 18 nitrogen and oxygen atoms in total. The van der Waals surface area contributed by atoms with E-state index in [0.29, 0.717) is 15.2 Å². The SMILES string of the molecule is CC(COCCC(=O)ON1C(=O)CCC1=O)(COCCC(=O)ON1C(=O)CCC1=O)COCCC(=O)ON1C(=O)CCC1=O. The van der Waals surface area contributed by atoms with Gasteiger partial charge < -0.3 is 28.7 Å². The van der Waals surface area contributed by atoms with E-state index >= 15 is 0 Å². The molecule has 242 valence electrons. The molecule has 0 N–H and O–H groups in total. The molecule has 6 amide bonds. The van der Waals surface area contributed by atoms with Crippen LogP contribution in [0.15, 0.2) is 0 Å². The highest BCUT2D eigenvalue weighted by atomic mass is 16.7. The van der Waals surface area contributed by atoms with Crippen molar-refractivity contribution >= 4 is 53.4 Å². The van der Waals surface area contributed by atoms with Crippen molar-refractivity contribution in [2.24, 2.45) is 5.41 Å². The molecule has 0 aromatic carbocycles. The average Bonchev–Trinajstić information content (AvgIpc) is 3.59. The second kappa shape index (κ2) is 16.0. The molecule has 0 saturated carbocycles. The molecule has 3 saturated heterocycles. The number of nitrogens with zero attached hydrogens (tertiary/aromatic N) is 3. The number of carbonyl (C=O) groups excluding carboxylic acids is 9. The molecule has 0 radical (unpaired) electrons. The highest BCUT2D eigenvalue weighted by molar-refractivity contribution is 6.02. The van der Waals surface area contributed by atoms with Crippen LogP contribution in [0.5, 0.6) is 0 Å². The normalized spacial score (nSPS) is 17.2. The zero-order chi connectivity index (χ0) is 32.3. The van der Waals surface area contributed by atoms with E-state index in [4.69, 9.17) is 28.7 Å². The summed E-state index contributed by atoms with van der Waals surface area (Å²) in [5, 5.41) is 1.28. The lowest BCUT2D eigenvalue weighted by Gasteiger charge is -2.29. The van der Waals surface area contributed by atoms with E-state index < -0.39 is 58.8 Å². The number of hydrogen-bond donors (Lipinski definition) is 0. The van der Waals surface area contributed by atoms with Gasteiger partial charge in [0.15, 0.2) is 0 Å². The molecule has 18 heteroatoms. The standard InChI is InChI=1S/C26H33N3O15/c1-26(14-39-11-8-23(36)42-27-17(30)2-3-18(27)31,15-40-12-9-24(37)43-28-19(32)4-5-20(28)33)16-41-13-10-25(38)44-29-21(34)6-7-22(29)35/h2-16H2,1H3. The summed E-state index contributed by atoms with van der Waals surface area (Å²) < 4.78 is 16.7. The smallest absolute Gasteiger partial charge is 0.335 e. The fourth-order valence-corrected chi connectivity index (χ4v) is 3.96. The molecule has 0 spiro atoms. The molecule has 44 heavy (non-hydrogen) atoms. The molecular formula is C26H33N3O15. The summed E-state index contributed by atoms with van der Waals surface area (Å²) in [4.78, 5) is 120. The number of rotatable bonds is 18. The molecule has 0 bridgehead atoms. The predicted octanol–water partition coefficient (Wildman–Crippen LogP) is -0.966. The van der Waals surface area contributed by atoms with Crippen LogP contribution in [-0.2, 0) is 71.9 Å². The minimum atomic E-state index is -0.902. The maximum atomic E-state index is 12.0. The first kappa shape index (κ1) is 34.2. The molecule has 3 aliphatic heterocycles. The fraction of sp³-hybridized carbons (Fsp3) is 0.654. The first-order valence-electron chi connectivity index (χ1n) is 13.8. The van der Waals surface area contributed by atoms with Crippen LogP contribution in [0.2, 0.25) is 0 Å². The monoisotopic (exact) mass is 627 g/mol. The Balaban J connectivity index is 1.42. The third kappa shape index (κ3) is 10.2. The Morgan fingerprint density at radius 2 is 0.727 bits per heavy atom. The van der Waals surface area contributed by atoms with Gasteiger partial charge in [-0.2, -0.15) is 0 Å². The Labute approximate surface area is 250 Å². The van der Waals surface area contributed by atoms with Crippen molar-refractivity contribution in [3.63, 3.8) is 0 Å². The Bertz CT molecular complexity index is 997. The minimum absolute atomic E-state index is 0.0422. The average molecular weight is 628 g/mol. The summed E-state index contributed by atoms with van der Waals surface area (Å²) in [6.45, 7) is 1.07. The van der Waals surface area contributed by atoms with E-state index in [2.05, 4.69) is 0 Å². The van der Waals surface area contributed by atoms with Gasteiger partial charge in [-0.1, -0.05) is 6.92 Å². The van der Waals surface area contributed by atoms with Crippen molar-refractivity contribution in [1.82, 2.24) is 15.2 Å². The number of imide groups is 3. The minimum Gasteiger partial charge on any atom is -0.380 e. The van der Waals surface area contributed by atoms with Crippen molar-refractivity contribution in [3.05, 3.63) is 0 Å². The summed E-state index contributed by atoms with van der Waals surface area (Å²) in [5.41, 5.74) is -0.902. The van der Waals surface area contributed by atoms with Gasteiger partial charge in [-0.05, 0) is 0 Å². The maximum absolute atomic E-state index is 12.0. The molecule has 0 aromatic heterocycles. The first-order chi connectivity index (χ1) is 20.9. The second-order valence-corrected chi connectivity index (χ2v) is 10.4. The van der Waals surface area contributed by atoms with Gasteiger partial charge in [0.25, 0.3) is 35.4 Å². The molecule has 0 atom stereocenters. The molecular weight excluding hydrogens is 594 g/mol. The molecule has 0 unspecified atom stereocenters. The zero-order valence-electron chi connectivity index (χ0n) is 24.1. The third-order valence-electron chi connectivity index (χ3n) is 6.30. The van der Waals surface area contributed by atoms with E-state index in [9.17, 15) is 43.2 Å². The number of hydrogen-bond acceptors (Lipinski definition) is 15. The topological polar surface area (TPSA) is 219 Å². The molecule has 0 aromatic rings. The van der Waals surface area contributed by atoms with Crippen molar-refractivity contribution in [2.75, 3.05) is 39.6 Å². The van der Waals surface area contributed by atoms with Crippen LogP contribution in [0.3, 0.4) is 0 Å². The van der Waals surface area contributed by atoms with Crippen molar-refractivity contribution in [3.8, 4) is 0 Å². The summed E-state index contributed by atoms with van der Waals surface area (Å²) in [7, 11) is 0. The lowest BCUT2D eigenvalue weighted by atomic mass is 9.94. The largest absolute Gasteiger partial charge is 0.380 e. The Morgan fingerprint density at radius 3 is 0.955 bits per heavy atom. The van der Waals surface area contributed by atoms with Crippen molar-refractivity contribution < 1.29 is 71.9 Å². The van der Waals surface area contributed by atoms with Gasteiger partial charge in [0.1, 0.15) is 0 Å². The van der Waals surface area contributed by atoms with Gasteiger partial charge in [0.2, 0.25) is 0 Å². The second-order valence-electron chi connectivity index (χ2n) is 10.4. The van der Waals surface area contributed by atoms with Gasteiger partial charge in [0.05, 0.1) is 58.9 Å². The van der Waals surface area contributed by atoms with Gasteiger partial charge in [-0.15, -0.1) is 15.2 Å². The van der Waals surface area contributed by atoms with Crippen molar-refractivity contribution in [1.29, 1.82) is 0 Å². The van der Waals surface area contributed by atoms with Gasteiger partial charge in [-0.3, -0.25) is 28.8 Å². The van der Waals surface area contributed by atoms with E-state index in [1.165, 1.54) is 0 Å². The van der Waals surface area contributed by atoms with E-state index in [-0.39, 0.29) is 97.4 Å². The summed E-state index contributed by atoms with van der Waals surface area (Å²) >= 11 is 0. The third-order valence-corrected chi connectivity index (χ3v) is 6.30. The molecule has 0 aliphatic carbocycles. The lowest BCUT2D eigenvalue weighted by molar-refractivity contribution is -0.198. The Morgan fingerprint density at radius 1 is 0.500 bits per heavy atom. The summed E-state index contributed by atoms with van der Waals surface area (Å²) in [5.74, 6) is -6.26. The van der Waals surface area contributed by atoms with Gasteiger partial charge in [0, 0.05) is 43.9 Å². The predicted molar refractivity (Wildman–Crippen MR) is 136 cm³/mol. The van der Waals surface area contributed by atoms with E-state index in [0.717, 1.165) is 0 Å². The van der Waals surface area contributed by atoms with Crippen LogP contribution < -0.4 is 0 Å². The summed E-state index contributed by atoms with van der Waals surface area (Å²) in [6.07, 6.45) is -1.10.